The molecular formula is C17H29NO4. The van der Waals surface area contributed by atoms with Gasteiger partial charge in [0.05, 0.1) is 32.1 Å². The molecule has 0 heterocycles. The third-order valence-corrected chi connectivity index (χ3v) is 2.93. The highest BCUT2D eigenvalue weighted by Crippen LogP contribution is 2.50. The minimum Gasteiger partial charge on any atom is -0.493 e. The van der Waals surface area contributed by atoms with E-state index in [4.69, 9.17) is 18.9 Å². The second-order valence-corrected chi connectivity index (χ2v) is 5.43. The molecule has 0 aromatic heterocycles. The highest BCUT2D eigenvalue weighted by Gasteiger charge is 2.24. The summed E-state index contributed by atoms with van der Waals surface area (Å²) in [5.74, 6) is 2.55. The number of benzene rings is 1. The lowest BCUT2D eigenvalue weighted by atomic mass is 10.2. The van der Waals surface area contributed by atoms with Gasteiger partial charge in [-0.3, -0.25) is 0 Å². The molecule has 5 nitrogen and oxygen atoms in total. The number of hydrogen-bond acceptors (Lipinski definition) is 5. The molecule has 0 atom stereocenters. The van der Waals surface area contributed by atoms with Crippen LogP contribution in [0.3, 0.4) is 0 Å². The van der Waals surface area contributed by atoms with Gasteiger partial charge in [0.1, 0.15) is 0 Å². The van der Waals surface area contributed by atoms with Crippen LogP contribution in [-0.2, 0) is 0 Å². The maximum atomic E-state index is 6.02. The van der Waals surface area contributed by atoms with E-state index in [1.165, 1.54) is 0 Å². The van der Waals surface area contributed by atoms with E-state index < -0.39 is 0 Å². The second kappa shape index (κ2) is 8.61. The van der Waals surface area contributed by atoms with E-state index in [2.05, 4.69) is 6.92 Å². The fourth-order valence-corrected chi connectivity index (χ4v) is 2.04. The van der Waals surface area contributed by atoms with Crippen molar-refractivity contribution in [2.45, 2.75) is 40.2 Å². The molecule has 0 radical (unpaired) electrons. The molecule has 0 aliphatic carbocycles. The van der Waals surface area contributed by atoms with Crippen molar-refractivity contribution < 1.29 is 18.9 Å². The summed E-state index contributed by atoms with van der Waals surface area (Å²) < 4.78 is 23.2. The van der Waals surface area contributed by atoms with Crippen LogP contribution in [0.15, 0.2) is 6.07 Å². The smallest absolute Gasteiger partial charge is 0.209 e. The maximum Gasteiger partial charge on any atom is 0.209 e. The van der Waals surface area contributed by atoms with Crippen molar-refractivity contribution in [3.05, 3.63) is 6.07 Å². The van der Waals surface area contributed by atoms with Crippen LogP contribution in [0.4, 0.5) is 5.69 Å². The topological polar surface area (TPSA) is 40.2 Å². The van der Waals surface area contributed by atoms with Gasteiger partial charge < -0.3 is 23.8 Å². The highest BCUT2D eigenvalue weighted by atomic mass is 16.6. The average Bonchev–Trinajstić information content (AvgIpc) is 2.46. The average molecular weight is 311 g/mol. The fourth-order valence-electron chi connectivity index (χ4n) is 2.04. The summed E-state index contributed by atoms with van der Waals surface area (Å²) in [7, 11) is 5.56. The molecule has 1 aromatic carbocycles. The molecule has 0 saturated heterocycles. The molecule has 22 heavy (non-hydrogen) atoms. The standard InChI is InChI=1S/C17H29NO4/c1-8-10-21-17-15(22-12(3)4)13(18(5)6)11-14(19-7)16(17)20-9-2/h11-12H,8-10H2,1-7H3. The molecule has 0 saturated carbocycles. The zero-order valence-electron chi connectivity index (χ0n) is 14.9. The number of ether oxygens (including phenoxy) is 4. The first kappa shape index (κ1) is 18.3. The number of anilines is 1. The Kier molecular flexibility index (Phi) is 7.15. The van der Waals surface area contributed by atoms with Gasteiger partial charge in [0.25, 0.3) is 0 Å². The highest BCUT2D eigenvalue weighted by molar-refractivity contribution is 5.73. The van der Waals surface area contributed by atoms with E-state index >= 15 is 0 Å². The van der Waals surface area contributed by atoms with Crippen LogP contribution in [0.25, 0.3) is 0 Å². The van der Waals surface area contributed by atoms with Crippen LogP contribution < -0.4 is 23.8 Å². The van der Waals surface area contributed by atoms with Crippen LogP contribution in [0.2, 0.25) is 0 Å². The fraction of sp³-hybridized carbons (Fsp3) is 0.647. The Morgan fingerprint density at radius 3 is 2.18 bits per heavy atom. The molecule has 1 aromatic rings. The van der Waals surface area contributed by atoms with E-state index in [0.29, 0.717) is 36.2 Å². The predicted molar refractivity (Wildman–Crippen MR) is 90.0 cm³/mol. The number of nitrogens with zero attached hydrogens (tertiary/aromatic N) is 1. The molecular weight excluding hydrogens is 282 g/mol. The van der Waals surface area contributed by atoms with Crippen LogP contribution in [0, 0.1) is 0 Å². The lowest BCUT2D eigenvalue weighted by Gasteiger charge is -2.25. The van der Waals surface area contributed by atoms with Crippen molar-refractivity contribution >= 4 is 5.69 Å². The van der Waals surface area contributed by atoms with E-state index in [1.807, 2.05) is 45.8 Å². The third kappa shape index (κ3) is 4.36. The van der Waals surface area contributed by atoms with Crippen LogP contribution >= 0.6 is 0 Å². The van der Waals surface area contributed by atoms with Gasteiger partial charge in [-0.25, -0.2) is 0 Å². The zero-order chi connectivity index (χ0) is 16.7. The lowest BCUT2D eigenvalue weighted by Crippen LogP contribution is -2.16. The van der Waals surface area contributed by atoms with Gasteiger partial charge in [-0.15, -0.1) is 0 Å². The van der Waals surface area contributed by atoms with Gasteiger partial charge in [0.15, 0.2) is 11.5 Å². The van der Waals surface area contributed by atoms with E-state index in [-0.39, 0.29) is 6.10 Å². The number of rotatable bonds is 9. The van der Waals surface area contributed by atoms with Gasteiger partial charge in [-0.1, -0.05) is 6.92 Å². The molecule has 0 unspecified atom stereocenters. The minimum absolute atomic E-state index is 0.0329. The van der Waals surface area contributed by atoms with Crippen LogP contribution in [0.5, 0.6) is 23.0 Å². The largest absolute Gasteiger partial charge is 0.493 e. The first-order valence-corrected chi connectivity index (χ1v) is 7.80. The molecule has 0 aliphatic heterocycles. The van der Waals surface area contributed by atoms with Crippen molar-refractivity contribution in [1.29, 1.82) is 0 Å². The Bertz CT molecular complexity index is 472. The molecule has 0 bridgehead atoms. The summed E-state index contributed by atoms with van der Waals surface area (Å²) in [4.78, 5) is 1.98. The minimum atomic E-state index is 0.0329. The maximum absolute atomic E-state index is 6.02. The summed E-state index contributed by atoms with van der Waals surface area (Å²) in [6, 6.07) is 1.92. The summed E-state index contributed by atoms with van der Waals surface area (Å²) in [5, 5.41) is 0. The van der Waals surface area contributed by atoms with E-state index in [1.54, 1.807) is 7.11 Å². The molecule has 1 rings (SSSR count). The Morgan fingerprint density at radius 1 is 1.05 bits per heavy atom. The Hall–Kier alpha value is -1.78. The summed E-state index contributed by atoms with van der Waals surface area (Å²) in [6.07, 6.45) is 0.937. The van der Waals surface area contributed by atoms with Crippen molar-refractivity contribution in [3.8, 4) is 23.0 Å². The van der Waals surface area contributed by atoms with Crippen molar-refractivity contribution in [3.63, 3.8) is 0 Å². The third-order valence-electron chi connectivity index (χ3n) is 2.93. The SMILES string of the molecule is CCCOc1c(OCC)c(OC)cc(N(C)C)c1OC(C)C. The molecule has 126 valence electrons. The van der Waals surface area contributed by atoms with Gasteiger partial charge in [0.2, 0.25) is 11.5 Å². The second-order valence-electron chi connectivity index (χ2n) is 5.43. The van der Waals surface area contributed by atoms with Crippen LogP contribution in [0.1, 0.15) is 34.1 Å². The van der Waals surface area contributed by atoms with E-state index in [9.17, 15) is 0 Å². The molecule has 0 aliphatic rings. The molecule has 0 N–H and O–H groups in total. The zero-order valence-corrected chi connectivity index (χ0v) is 14.9. The molecule has 5 heteroatoms. The normalized spacial score (nSPS) is 10.5. The van der Waals surface area contributed by atoms with Gasteiger partial charge >= 0.3 is 0 Å². The van der Waals surface area contributed by atoms with Gasteiger partial charge in [-0.05, 0) is 27.2 Å². The van der Waals surface area contributed by atoms with Crippen molar-refractivity contribution in [2.24, 2.45) is 0 Å². The summed E-state index contributed by atoms with van der Waals surface area (Å²) in [5.41, 5.74) is 0.903. The van der Waals surface area contributed by atoms with Gasteiger partial charge in [0, 0.05) is 20.2 Å². The summed E-state index contributed by atoms with van der Waals surface area (Å²) >= 11 is 0. The number of hydrogen-bond donors (Lipinski definition) is 0. The van der Waals surface area contributed by atoms with Crippen LogP contribution in [-0.4, -0.2) is 40.5 Å². The molecule has 0 amide bonds. The molecule has 0 fully saturated rings. The monoisotopic (exact) mass is 311 g/mol. The Morgan fingerprint density at radius 2 is 1.73 bits per heavy atom. The van der Waals surface area contributed by atoms with Crippen molar-refractivity contribution in [2.75, 3.05) is 39.3 Å². The van der Waals surface area contributed by atoms with E-state index in [0.717, 1.165) is 12.1 Å². The Balaban J connectivity index is 3.53. The number of methoxy groups -OCH3 is 1. The first-order valence-electron chi connectivity index (χ1n) is 7.80. The quantitative estimate of drug-likeness (QED) is 0.695. The molecule has 0 spiro atoms. The predicted octanol–water partition coefficient (Wildman–Crippen LogP) is 3.74. The van der Waals surface area contributed by atoms with Gasteiger partial charge in [-0.2, -0.15) is 0 Å². The Labute approximate surface area is 134 Å². The van der Waals surface area contributed by atoms with Crippen molar-refractivity contribution in [1.82, 2.24) is 0 Å². The summed E-state index contributed by atoms with van der Waals surface area (Å²) in [6.45, 7) is 9.11. The lowest BCUT2D eigenvalue weighted by molar-refractivity contribution is 0.210. The first-order chi connectivity index (χ1) is 10.5.